The second-order valence-electron chi connectivity index (χ2n) is 5.37. The maximum Gasteiger partial charge on any atom is 0.234 e. The number of nitrogens with one attached hydrogen (secondary N) is 1. The second-order valence-corrected chi connectivity index (χ2v) is 8.46. The van der Waals surface area contributed by atoms with E-state index in [-0.39, 0.29) is 11.7 Å². The minimum atomic E-state index is -0.105. The number of amides is 1. The van der Waals surface area contributed by atoms with E-state index in [4.69, 9.17) is 23.2 Å². The first-order valence-electron chi connectivity index (χ1n) is 7.18. The Morgan fingerprint density at radius 1 is 1.25 bits per heavy atom. The van der Waals surface area contributed by atoms with E-state index >= 15 is 0 Å². The van der Waals surface area contributed by atoms with Crippen molar-refractivity contribution in [2.24, 2.45) is 0 Å². The molecule has 3 nitrogen and oxygen atoms in total. The zero-order valence-corrected chi connectivity index (χ0v) is 16.2. The van der Waals surface area contributed by atoms with Crippen LogP contribution >= 0.6 is 46.3 Å². The Balaban J connectivity index is 1.67. The number of hydrogen-bond acceptors (Lipinski definition) is 4. The van der Waals surface area contributed by atoms with Gasteiger partial charge < -0.3 is 5.32 Å². The van der Waals surface area contributed by atoms with Crippen LogP contribution < -0.4 is 5.32 Å². The van der Waals surface area contributed by atoms with E-state index in [0.717, 1.165) is 25.7 Å². The maximum absolute atomic E-state index is 12.2. The first-order chi connectivity index (χ1) is 11.4. The van der Waals surface area contributed by atoms with Crippen LogP contribution in [-0.4, -0.2) is 16.6 Å². The predicted molar refractivity (Wildman–Crippen MR) is 105 cm³/mol. The summed E-state index contributed by atoms with van der Waals surface area (Å²) >= 11 is 15.1. The third-order valence-electron chi connectivity index (χ3n) is 3.35. The summed E-state index contributed by atoms with van der Waals surface area (Å²) in [5.74, 6) is 0.170. The van der Waals surface area contributed by atoms with Crippen LogP contribution in [0.1, 0.15) is 11.1 Å². The topological polar surface area (TPSA) is 42.0 Å². The molecule has 0 aliphatic carbocycles. The summed E-state index contributed by atoms with van der Waals surface area (Å²) in [4.78, 5) is 16.7. The lowest BCUT2D eigenvalue weighted by Crippen LogP contribution is -2.15. The van der Waals surface area contributed by atoms with Crippen molar-refractivity contribution in [1.82, 2.24) is 4.98 Å². The fourth-order valence-corrected chi connectivity index (χ4v) is 4.70. The molecule has 7 heteroatoms. The largest absolute Gasteiger partial charge is 0.324 e. The second kappa shape index (κ2) is 7.31. The summed E-state index contributed by atoms with van der Waals surface area (Å²) in [6, 6.07) is 9.44. The lowest BCUT2D eigenvalue weighted by Gasteiger charge is -2.11. The molecule has 1 heterocycles. The number of carbonyl (C=O) groups excluding carboxylic acids is 1. The van der Waals surface area contributed by atoms with Crippen LogP contribution in [-0.2, 0) is 4.79 Å². The van der Waals surface area contributed by atoms with Gasteiger partial charge in [-0.3, -0.25) is 4.79 Å². The van der Waals surface area contributed by atoms with Gasteiger partial charge in [0, 0.05) is 5.02 Å². The normalized spacial score (nSPS) is 11.0. The Kier molecular flexibility index (Phi) is 5.35. The van der Waals surface area contributed by atoms with Crippen molar-refractivity contribution in [2.75, 3.05) is 11.1 Å². The number of anilines is 1. The van der Waals surface area contributed by atoms with E-state index in [1.54, 1.807) is 11.3 Å². The molecule has 0 saturated carbocycles. The third-order valence-corrected chi connectivity index (χ3v) is 6.07. The zero-order valence-electron chi connectivity index (χ0n) is 13.0. The smallest absolute Gasteiger partial charge is 0.234 e. The quantitative estimate of drug-likeness (QED) is 0.553. The number of halogens is 2. The lowest BCUT2D eigenvalue weighted by atomic mass is 10.1. The molecule has 0 saturated heterocycles. The van der Waals surface area contributed by atoms with Crippen LogP contribution in [0.4, 0.5) is 5.69 Å². The summed E-state index contributed by atoms with van der Waals surface area (Å²) < 4.78 is 1.90. The van der Waals surface area contributed by atoms with Gasteiger partial charge in [-0.25, -0.2) is 4.98 Å². The fraction of sp³-hybridized carbons (Fsp3) is 0.176. The van der Waals surface area contributed by atoms with Gasteiger partial charge in [-0.2, -0.15) is 0 Å². The molecule has 1 amide bonds. The molecular formula is C17H14Cl2N2OS2. The molecule has 3 rings (SSSR count). The molecule has 24 heavy (non-hydrogen) atoms. The summed E-state index contributed by atoms with van der Waals surface area (Å²) in [6.07, 6.45) is 0. The molecule has 0 atom stereocenters. The Morgan fingerprint density at radius 2 is 2.04 bits per heavy atom. The molecule has 1 N–H and O–H groups in total. The van der Waals surface area contributed by atoms with E-state index in [1.165, 1.54) is 11.8 Å². The Morgan fingerprint density at radius 3 is 2.79 bits per heavy atom. The predicted octanol–water partition coefficient (Wildman–Crippen LogP) is 5.95. The molecule has 0 bridgehead atoms. The molecule has 0 radical (unpaired) electrons. The number of aromatic nitrogens is 1. The first kappa shape index (κ1) is 17.5. The van der Waals surface area contributed by atoms with Crippen LogP contribution in [0.2, 0.25) is 10.0 Å². The lowest BCUT2D eigenvalue weighted by molar-refractivity contribution is -0.113. The zero-order chi connectivity index (χ0) is 17.3. The van der Waals surface area contributed by atoms with Crippen LogP contribution in [0.25, 0.3) is 10.2 Å². The highest BCUT2D eigenvalue weighted by Gasteiger charge is 2.12. The number of carbonyl (C=O) groups is 1. The highest BCUT2D eigenvalue weighted by Crippen LogP contribution is 2.32. The van der Waals surface area contributed by atoms with Gasteiger partial charge in [-0.15, -0.1) is 11.3 Å². The number of aryl methyl sites for hydroxylation is 2. The molecule has 1 aromatic heterocycles. The molecule has 0 aliphatic heterocycles. The van der Waals surface area contributed by atoms with Crippen molar-refractivity contribution in [3.8, 4) is 0 Å². The molecular weight excluding hydrogens is 383 g/mol. The number of thiazole rings is 1. The van der Waals surface area contributed by atoms with Crippen molar-refractivity contribution in [3.05, 3.63) is 51.5 Å². The van der Waals surface area contributed by atoms with Crippen molar-refractivity contribution < 1.29 is 4.79 Å². The number of thioether (sulfide) groups is 1. The Labute approximate surface area is 158 Å². The van der Waals surface area contributed by atoms with Gasteiger partial charge in [0.1, 0.15) is 0 Å². The SMILES string of the molecule is Cc1cc(C)c(NC(=O)CSc2nc3cc(Cl)ccc3s2)c(Cl)c1. The number of benzene rings is 2. The number of nitrogens with zero attached hydrogens (tertiary/aromatic N) is 1. The highest BCUT2D eigenvalue weighted by molar-refractivity contribution is 8.01. The van der Waals surface area contributed by atoms with Crippen LogP contribution in [0.3, 0.4) is 0 Å². The van der Waals surface area contributed by atoms with Gasteiger partial charge in [-0.05, 0) is 49.2 Å². The molecule has 0 spiro atoms. The van der Waals surface area contributed by atoms with E-state index in [0.29, 0.717) is 15.7 Å². The average molecular weight is 397 g/mol. The van der Waals surface area contributed by atoms with Gasteiger partial charge in [0.05, 0.1) is 26.7 Å². The monoisotopic (exact) mass is 396 g/mol. The van der Waals surface area contributed by atoms with E-state index in [9.17, 15) is 4.79 Å². The molecule has 124 valence electrons. The molecule has 3 aromatic rings. The van der Waals surface area contributed by atoms with Gasteiger partial charge in [0.25, 0.3) is 0 Å². The third kappa shape index (κ3) is 4.03. The molecule has 2 aromatic carbocycles. The van der Waals surface area contributed by atoms with Crippen molar-refractivity contribution >= 4 is 68.1 Å². The van der Waals surface area contributed by atoms with Crippen LogP contribution in [0.5, 0.6) is 0 Å². The molecule has 0 fully saturated rings. The number of rotatable bonds is 4. The van der Waals surface area contributed by atoms with Gasteiger partial charge in [0.2, 0.25) is 5.91 Å². The number of hydrogen-bond donors (Lipinski definition) is 1. The van der Waals surface area contributed by atoms with Crippen molar-refractivity contribution in [3.63, 3.8) is 0 Å². The van der Waals surface area contributed by atoms with Gasteiger partial charge in [-0.1, -0.05) is 41.0 Å². The minimum Gasteiger partial charge on any atom is -0.324 e. The van der Waals surface area contributed by atoms with Gasteiger partial charge >= 0.3 is 0 Å². The van der Waals surface area contributed by atoms with E-state index in [1.807, 2.05) is 44.2 Å². The molecule has 0 unspecified atom stereocenters. The maximum atomic E-state index is 12.2. The standard InChI is InChI=1S/C17H14Cl2N2OS2/c1-9-5-10(2)16(12(19)6-9)21-15(22)8-23-17-20-13-7-11(18)3-4-14(13)24-17/h3-7H,8H2,1-2H3,(H,21,22). The Hall–Kier alpha value is -1.27. The van der Waals surface area contributed by atoms with E-state index in [2.05, 4.69) is 10.3 Å². The average Bonchev–Trinajstić information content (AvgIpc) is 2.90. The summed E-state index contributed by atoms with van der Waals surface area (Å²) in [5.41, 5.74) is 3.54. The summed E-state index contributed by atoms with van der Waals surface area (Å²) in [5, 5.41) is 4.10. The van der Waals surface area contributed by atoms with Crippen molar-refractivity contribution in [2.45, 2.75) is 18.2 Å². The first-order valence-corrected chi connectivity index (χ1v) is 9.73. The Bertz CT molecular complexity index is 901. The van der Waals surface area contributed by atoms with Gasteiger partial charge in [0.15, 0.2) is 4.34 Å². The summed E-state index contributed by atoms with van der Waals surface area (Å²) in [6.45, 7) is 3.90. The van der Waals surface area contributed by atoms with Crippen LogP contribution in [0, 0.1) is 13.8 Å². The van der Waals surface area contributed by atoms with Crippen molar-refractivity contribution in [1.29, 1.82) is 0 Å². The minimum absolute atomic E-state index is 0.105. The van der Waals surface area contributed by atoms with Crippen LogP contribution in [0.15, 0.2) is 34.7 Å². The fourth-order valence-electron chi connectivity index (χ4n) is 2.32. The summed E-state index contributed by atoms with van der Waals surface area (Å²) in [7, 11) is 0. The number of fused-ring (bicyclic) bond motifs is 1. The molecule has 0 aliphatic rings. The van der Waals surface area contributed by atoms with E-state index < -0.39 is 0 Å². The highest BCUT2D eigenvalue weighted by atomic mass is 35.5.